The molecule has 0 unspecified atom stereocenters. The van der Waals surface area contributed by atoms with Gasteiger partial charge in [-0.1, -0.05) is 13.3 Å². The number of unbranched alkanes of at least 4 members (excludes halogenated alkanes) is 2. The third kappa shape index (κ3) is 9.12. The van der Waals surface area contributed by atoms with Crippen LogP contribution in [0.3, 0.4) is 0 Å². The average Bonchev–Trinajstić information content (AvgIpc) is 2.59. The van der Waals surface area contributed by atoms with Crippen molar-refractivity contribution in [1.82, 2.24) is 5.48 Å². The average molecular weight is 338 g/mol. The minimum absolute atomic E-state index is 0.0407. The van der Waals surface area contributed by atoms with Crippen molar-refractivity contribution in [2.45, 2.75) is 39.0 Å². The van der Waals surface area contributed by atoms with E-state index >= 15 is 0 Å². The largest absolute Gasteiger partial charge is 0.494 e. The maximum Gasteiger partial charge on any atom is 0.250 e. The Morgan fingerprint density at radius 2 is 1.79 bits per heavy atom. The number of anilines is 1. The number of carbonyl (C=O) groups excluding carboxylic acids is 2. The fraction of sp³-hybridized carbons (Fsp3) is 0.529. The summed E-state index contributed by atoms with van der Waals surface area (Å²) in [6, 6.07) is 7.20. The number of ether oxygens (including phenoxy) is 2. The molecule has 0 radical (unpaired) electrons. The molecule has 2 amide bonds. The lowest BCUT2D eigenvalue weighted by Gasteiger charge is -2.08. The van der Waals surface area contributed by atoms with Gasteiger partial charge in [0.2, 0.25) is 11.8 Å². The monoisotopic (exact) mass is 338 g/mol. The molecule has 1 aromatic rings. The van der Waals surface area contributed by atoms with E-state index in [0.29, 0.717) is 31.7 Å². The first-order chi connectivity index (χ1) is 11.7. The molecule has 0 saturated carbocycles. The van der Waals surface area contributed by atoms with Crippen LogP contribution in [0.4, 0.5) is 5.69 Å². The SMILES string of the molecule is CCCCOc1ccc(NC(=O)COCCCCC(=O)NO)cc1. The summed E-state index contributed by atoms with van der Waals surface area (Å²) >= 11 is 0. The summed E-state index contributed by atoms with van der Waals surface area (Å²) in [5.74, 6) is 0.127. The van der Waals surface area contributed by atoms with E-state index in [1.807, 2.05) is 12.1 Å². The second kappa shape index (κ2) is 12.3. The maximum atomic E-state index is 11.7. The topological polar surface area (TPSA) is 96.9 Å². The molecule has 7 nitrogen and oxygen atoms in total. The first-order valence-electron chi connectivity index (χ1n) is 8.19. The van der Waals surface area contributed by atoms with Crippen molar-refractivity contribution in [2.24, 2.45) is 0 Å². The van der Waals surface area contributed by atoms with E-state index in [0.717, 1.165) is 18.6 Å². The van der Waals surface area contributed by atoms with E-state index in [2.05, 4.69) is 12.2 Å². The van der Waals surface area contributed by atoms with Gasteiger partial charge in [0.25, 0.3) is 0 Å². The molecule has 7 heteroatoms. The molecular formula is C17H26N2O5. The Labute approximate surface area is 142 Å². The van der Waals surface area contributed by atoms with Crippen molar-refractivity contribution < 1.29 is 24.3 Å². The van der Waals surface area contributed by atoms with Crippen LogP contribution in [-0.2, 0) is 14.3 Å². The van der Waals surface area contributed by atoms with Crippen molar-refractivity contribution in [3.05, 3.63) is 24.3 Å². The van der Waals surface area contributed by atoms with Crippen molar-refractivity contribution in [2.75, 3.05) is 25.1 Å². The Morgan fingerprint density at radius 3 is 2.46 bits per heavy atom. The van der Waals surface area contributed by atoms with Crippen molar-refractivity contribution in [3.63, 3.8) is 0 Å². The number of hydrogen-bond donors (Lipinski definition) is 3. The summed E-state index contributed by atoms with van der Waals surface area (Å²) in [5, 5.41) is 11.1. The van der Waals surface area contributed by atoms with Crippen molar-refractivity contribution in [1.29, 1.82) is 0 Å². The summed E-state index contributed by atoms with van der Waals surface area (Å²) in [4.78, 5) is 22.5. The zero-order chi connectivity index (χ0) is 17.6. The molecule has 0 aliphatic rings. The van der Waals surface area contributed by atoms with Gasteiger partial charge in [-0.2, -0.15) is 0 Å². The number of nitrogens with one attached hydrogen (secondary N) is 2. The Morgan fingerprint density at radius 1 is 1.04 bits per heavy atom. The first kappa shape index (κ1) is 19.9. The molecule has 0 fully saturated rings. The lowest BCUT2D eigenvalue weighted by atomic mass is 10.2. The molecule has 0 bridgehead atoms. The molecule has 0 atom stereocenters. The lowest BCUT2D eigenvalue weighted by Crippen LogP contribution is -2.19. The Bertz CT molecular complexity index is 490. The van der Waals surface area contributed by atoms with Gasteiger partial charge < -0.3 is 14.8 Å². The predicted molar refractivity (Wildman–Crippen MR) is 90.1 cm³/mol. The second-order valence-corrected chi connectivity index (χ2v) is 5.32. The molecule has 134 valence electrons. The van der Waals surface area contributed by atoms with Crippen LogP contribution in [0.1, 0.15) is 39.0 Å². The zero-order valence-electron chi connectivity index (χ0n) is 14.0. The second-order valence-electron chi connectivity index (χ2n) is 5.32. The standard InChI is InChI=1S/C17H26N2O5/c1-2-3-12-24-15-9-7-14(8-10-15)18-17(21)13-23-11-5-4-6-16(20)19-22/h7-10,22H,2-6,11-13H2,1H3,(H,18,21)(H,19,20). The van der Waals surface area contributed by atoms with Gasteiger partial charge in [0, 0.05) is 18.7 Å². The maximum absolute atomic E-state index is 11.7. The summed E-state index contributed by atoms with van der Waals surface area (Å²) < 4.78 is 10.8. The highest BCUT2D eigenvalue weighted by molar-refractivity contribution is 5.91. The zero-order valence-corrected chi connectivity index (χ0v) is 14.0. The summed E-state index contributed by atoms with van der Waals surface area (Å²) in [7, 11) is 0. The molecule has 0 saturated heterocycles. The van der Waals surface area contributed by atoms with Crippen LogP contribution in [-0.4, -0.2) is 36.8 Å². The summed E-state index contributed by atoms with van der Waals surface area (Å²) in [6.07, 6.45) is 3.57. The van der Waals surface area contributed by atoms with Crippen LogP contribution < -0.4 is 15.5 Å². The van der Waals surface area contributed by atoms with Crippen LogP contribution in [0.25, 0.3) is 0 Å². The minimum Gasteiger partial charge on any atom is -0.494 e. The van der Waals surface area contributed by atoms with Gasteiger partial charge in [-0.25, -0.2) is 5.48 Å². The van der Waals surface area contributed by atoms with Crippen molar-refractivity contribution in [3.8, 4) is 5.75 Å². The van der Waals surface area contributed by atoms with Crippen LogP contribution in [0.2, 0.25) is 0 Å². The highest BCUT2D eigenvalue weighted by atomic mass is 16.5. The van der Waals surface area contributed by atoms with Gasteiger partial charge in [-0.05, 0) is 43.5 Å². The Balaban J connectivity index is 2.15. The fourth-order valence-corrected chi connectivity index (χ4v) is 1.88. The summed E-state index contributed by atoms with van der Waals surface area (Å²) in [5.41, 5.74) is 2.25. The molecule has 0 aliphatic heterocycles. The van der Waals surface area contributed by atoms with Crippen LogP contribution in [0.5, 0.6) is 5.75 Å². The molecule has 0 spiro atoms. The van der Waals surface area contributed by atoms with Gasteiger partial charge in [-0.15, -0.1) is 0 Å². The van der Waals surface area contributed by atoms with E-state index in [1.165, 1.54) is 0 Å². The number of rotatable bonds is 12. The van der Waals surface area contributed by atoms with E-state index in [-0.39, 0.29) is 18.9 Å². The van der Waals surface area contributed by atoms with Gasteiger partial charge in [0.1, 0.15) is 12.4 Å². The van der Waals surface area contributed by atoms with E-state index in [4.69, 9.17) is 14.7 Å². The highest BCUT2D eigenvalue weighted by Crippen LogP contribution is 2.16. The number of benzene rings is 1. The van der Waals surface area contributed by atoms with Gasteiger partial charge in [-0.3, -0.25) is 14.8 Å². The minimum atomic E-state index is -0.421. The summed E-state index contributed by atoms with van der Waals surface area (Å²) in [6.45, 7) is 3.14. The van der Waals surface area contributed by atoms with Crippen LogP contribution in [0.15, 0.2) is 24.3 Å². The van der Waals surface area contributed by atoms with Crippen molar-refractivity contribution >= 4 is 17.5 Å². The molecule has 1 rings (SSSR count). The molecule has 24 heavy (non-hydrogen) atoms. The lowest BCUT2D eigenvalue weighted by molar-refractivity contribution is -0.129. The normalized spacial score (nSPS) is 10.2. The quantitative estimate of drug-likeness (QED) is 0.309. The third-order valence-corrected chi connectivity index (χ3v) is 3.21. The number of hydroxylamine groups is 1. The Kier molecular flexibility index (Phi) is 10.2. The van der Waals surface area contributed by atoms with Gasteiger partial charge >= 0.3 is 0 Å². The molecule has 3 N–H and O–H groups in total. The molecule has 0 aliphatic carbocycles. The molecule has 0 aromatic heterocycles. The van der Waals surface area contributed by atoms with Gasteiger partial charge in [0.05, 0.1) is 6.61 Å². The predicted octanol–water partition coefficient (Wildman–Crippen LogP) is 2.50. The fourth-order valence-electron chi connectivity index (χ4n) is 1.88. The number of hydrogen-bond acceptors (Lipinski definition) is 5. The van der Waals surface area contributed by atoms with E-state index in [9.17, 15) is 9.59 Å². The molecular weight excluding hydrogens is 312 g/mol. The number of carbonyl (C=O) groups is 2. The van der Waals surface area contributed by atoms with Crippen LogP contribution >= 0.6 is 0 Å². The Hall–Kier alpha value is -2.12. The molecule has 0 heterocycles. The van der Waals surface area contributed by atoms with Crippen LogP contribution in [0, 0.1) is 0 Å². The van der Waals surface area contributed by atoms with Gasteiger partial charge in [0.15, 0.2) is 0 Å². The third-order valence-electron chi connectivity index (χ3n) is 3.21. The smallest absolute Gasteiger partial charge is 0.250 e. The van der Waals surface area contributed by atoms with E-state index < -0.39 is 5.91 Å². The highest BCUT2D eigenvalue weighted by Gasteiger charge is 2.04. The molecule has 1 aromatic carbocycles. The number of amides is 2. The van der Waals surface area contributed by atoms with E-state index in [1.54, 1.807) is 17.6 Å². The first-order valence-corrected chi connectivity index (χ1v) is 8.19.